The molecular weight excluding hydrogens is 477 g/mol. The van der Waals surface area contributed by atoms with Crippen molar-refractivity contribution in [2.45, 2.75) is 44.2 Å². The zero-order valence-corrected chi connectivity index (χ0v) is 20.0. The van der Waals surface area contributed by atoms with Gasteiger partial charge in [0.25, 0.3) is 0 Å². The molecule has 1 aromatic carbocycles. The summed E-state index contributed by atoms with van der Waals surface area (Å²) in [5.41, 5.74) is 3.23. The van der Waals surface area contributed by atoms with Crippen molar-refractivity contribution in [3.63, 3.8) is 0 Å². The summed E-state index contributed by atoms with van der Waals surface area (Å²) in [5, 5.41) is 11.4. The second-order valence-corrected chi connectivity index (χ2v) is 11.6. The Labute approximate surface area is 195 Å². The molecule has 1 spiro atoms. The summed E-state index contributed by atoms with van der Waals surface area (Å²) in [6.45, 7) is 7.26. The Kier molecular flexibility index (Phi) is 7.45. The van der Waals surface area contributed by atoms with E-state index in [9.17, 15) is 21.6 Å². The third-order valence-electron chi connectivity index (χ3n) is 5.87. The second kappa shape index (κ2) is 9.63. The van der Waals surface area contributed by atoms with Crippen LogP contribution < -0.4 is 4.31 Å². The molecule has 1 fully saturated rings. The summed E-state index contributed by atoms with van der Waals surface area (Å²) in [6, 6.07) is 10.1. The first-order valence-corrected chi connectivity index (χ1v) is 12.9. The molecule has 0 unspecified atom stereocenters. The minimum atomic E-state index is -5.08. The van der Waals surface area contributed by atoms with Gasteiger partial charge in [0.15, 0.2) is 0 Å². The van der Waals surface area contributed by atoms with Gasteiger partial charge < -0.3 is 5.11 Å². The van der Waals surface area contributed by atoms with Gasteiger partial charge in [-0.3, -0.25) is 9.21 Å². The third kappa shape index (κ3) is 5.20. The number of sulfonamides is 1. The molecular formula is C22H27F3N2O4S2. The number of carboxylic acids is 1. The summed E-state index contributed by atoms with van der Waals surface area (Å²) in [6.07, 6.45) is -3.74. The quantitative estimate of drug-likeness (QED) is 0.654. The predicted octanol–water partition coefficient (Wildman–Crippen LogP) is 4.68. The highest BCUT2D eigenvalue weighted by molar-refractivity contribution is 7.94. The lowest BCUT2D eigenvalue weighted by molar-refractivity contribution is -0.192. The van der Waals surface area contributed by atoms with Crippen LogP contribution in [0.25, 0.3) is 0 Å². The zero-order chi connectivity index (χ0) is 24.4. The van der Waals surface area contributed by atoms with E-state index in [1.54, 1.807) is 15.6 Å². The van der Waals surface area contributed by atoms with E-state index >= 15 is 0 Å². The fourth-order valence-corrected chi connectivity index (χ4v) is 7.47. The van der Waals surface area contributed by atoms with Crippen molar-refractivity contribution >= 4 is 33.0 Å². The lowest BCUT2D eigenvalue weighted by atomic mass is 9.87. The SMILES string of the molecule is CC(C)CN1c2ccccc2C2(CCN(Cc3ccsc3)CC2)S1(=O)=O.O=C(O)C(F)(F)F. The first-order valence-electron chi connectivity index (χ1n) is 10.5. The van der Waals surface area contributed by atoms with Crippen LogP contribution >= 0.6 is 11.3 Å². The molecule has 0 amide bonds. The predicted molar refractivity (Wildman–Crippen MR) is 122 cm³/mol. The fraction of sp³-hybridized carbons (Fsp3) is 0.500. The van der Waals surface area contributed by atoms with Gasteiger partial charge in [0, 0.05) is 26.2 Å². The van der Waals surface area contributed by atoms with Crippen molar-refractivity contribution in [3.8, 4) is 0 Å². The van der Waals surface area contributed by atoms with Crippen molar-refractivity contribution in [3.05, 3.63) is 52.2 Å². The Morgan fingerprint density at radius 2 is 1.79 bits per heavy atom. The number of halogens is 3. The molecule has 0 bridgehead atoms. The lowest BCUT2D eigenvalue weighted by Gasteiger charge is -2.39. The Morgan fingerprint density at radius 1 is 1.18 bits per heavy atom. The molecule has 1 N–H and O–H groups in total. The second-order valence-electron chi connectivity index (χ2n) is 8.65. The van der Waals surface area contributed by atoms with Crippen LogP contribution in [0.2, 0.25) is 0 Å². The molecule has 33 heavy (non-hydrogen) atoms. The van der Waals surface area contributed by atoms with Gasteiger partial charge in [-0.05, 0) is 52.8 Å². The first kappa shape index (κ1) is 25.5. The molecule has 1 saturated heterocycles. The zero-order valence-electron chi connectivity index (χ0n) is 18.4. The highest BCUT2D eigenvalue weighted by Gasteiger charge is 2.56. The van der Waals surface area contributed by atoms with Gasteiger partial charge in [0.2, 0.25) is 10.0 Å². The van der Waals surface area contributed by atoms with Crippen molar-refractivity contribution < 1.29 is 31.5 Å². The van der Waals surface area contributed by atoms with Crippen LogP contribution in [-0.2, 0) is 26.1 Å². The number of fused-ring (bicyclic) bond motifs is 2. The monoisotopic (exact) mass is 504 g/mol. The molecule has 2 aliphatic rings. The molecule has 182 valence electrons. The van der Waals surface area contributed by atoms with Gasteiger partial charge in [0.05, 0.1) is 5.69 Å². The molecule has 3 heterocycles. The maximum Gasteiger partial charge on any atom is 0.490 e. The summed E-state index contributed by atoms with van der Waals surface area (Å²) >= 11 is 1.71. The Hall–Kier alpha value is -2.11. The molecule has 0 atom stereocenters. The van der Waals surface area contributed by atoms with Gasteiger partial charge in [-0.25, -0.2) is 13.2 Å². The van der Waals surface area contributed by atoms with Crippen LogP contribution in [0.15, 0.2) is 41.1 Å². The standard InChI is InChI=1S/C20H26N2O2S2.C2HF3O2/c1-16(2)13-22-19-6-4-3-5-18(19)20(26(22,23)24)8-10-21(11-9-20)14-17-7-12-25-15-17;3-2(4,5)1(6)7/h3-7,12,15-16H,8-11,13-14H2,1-2H3;(H,6,7). The number of hydrogen-bond donors (Lipinski definition) is 1. The Morgan fingerprint density at radius 3 is 2.30 bits per heavy atom. The van der Waals surface area contributed by atoms with E-state index in [4.69, 9.17) is 9.90 Å². The number of thiophene rings is 1. The Balaban J connectivity index is 0.000000383. The number of benzene rings is 1. The van der Waals surface area contributed by atoms with E-state index in [-0.39, 0.29) is 0 Å². The summed E-state index contributed by atoms with van der Waals surface area (Å²) < 4.78 is 59.9. The topological polar surface area (TPSA) is 77.9 Å². The highest BCUT2D eigenvalue weighted by atomic mass is 32.2. The Bertz CT molecular complexity index is 1060. The van der Waals surface area contributed by atoms with Crippen LogP contribution in [0.3, 0.4) is 0 Å². The maximum atomic E-state index is 13.6. The van der Waals surface area contributed by atoms with Crippen LogP contribution in [0, 0.1) is 5.92 Å². The van der Waals surface area contributed by atoms with E-state index in [1.807, 2.05) is 24.3 Å². The lowest BCUT2D eigenvalue weighted by Crippen LogP contribution is -2.48. The summed E-state index contributed by atoms with van der Waals surface area (Å²) in [5.74, 6) is -2.46. The maximum absolute atomic E-state index is 13.6. The average molecular weight is 505 g/mol. The number of anilines is 1. The number of aliphatic carboxylic acids is 1. The highest BCUT2D eigenvalue weighted by Crippen LogP contribution is 2.52. The number of rotatable bonds is 4. The van der Waals surface area contributed by atoms with Crippen molar-refractivity contribution in [2.24, 2.45) is 5.92 Å². The number of carbonyl (C=O) groups is 1. The summed E-state index contributed by atoms with van der Waals surface area (Å²) in [7, 11) is -3.38. The van der Waals surface area contributed by atoms with Crippen molar-refractivity contribution in [1.29, 1.82) is 0 Å². The van der Waals surface area contributed by atoms with E-state index in [0.717, 1.165) is 30.9 Å². The largest absolute Gasteiger partial charge is 0.490 e. The van der Waals surface area contributed by atoms with Gasteiger partial charge in [-0.15, -0.1) is 0 Å². The molecule has 0 saturated carbocycles. The average Bonchev–Trinajstić information content (AvgIpc) is 3.30. The van der Waals surface area contributed by atoms with Crippen LogP contribution in [0.5, 0.6) is 0 Å². The van der Waals surface area contributed by atoms with Crippen molar-refractivity contribution in [1.82, 2.24) is 4.90 Å². The minimum Gasteiger partial charge on any atom is -0.475 e. The number of carboxylic acid groups (broad SMARTS) is 1. The van der Waals surface area contributed by atoms with E-state index in [2.05, 4.69) is 35.6 Å². The number of alkyl halides is 3. The third-order valence-corrected chi connectivity index (χ3v) is 9.14. The molecule has 4 rings (SSSR count). The number of hydrogen-bond acceptors (Lipinski definition) is 5. The van der Waals surface area contributed by atoms with Crippen LogP contribution in [0.4, 0.5) is 18.9 Å². The molecule has 11 heteroatoms. The van der Waals surface area contributed by atoms with Gasteiger partial charge in [0.1, 0.15) is 4.75 Å². The smallest absolute Gasteiger partial charge is 0.475 e. The number of piperidine rings is 1. The van der Waals surface area contributed by atoms with Gasteiger partial charge >= 0.3 is 12.1 Å². The number of nitrogens with zero attached hydrogens (tertiary/aromatic N) is 2. The van der Waals surface area contributed by atoms with Crippen LogP contribution in [0.1, 0.15) is 37.8 Å². The molecule has 2 aliphatic heterocycles. The number of para-hydroxylation sites is 1. The molecule has 0 radical (unpaired) electrons. The van der Waals surface area contributed by atoms with Gasteiger partial charge in [-0.2, -0.15) is 24.5 Å². The normalized spacial score (nSPS) is 19.3. The van der Waals surface area contributed by atoms with E-state index in [1.165, 1.54) is 5.56 Å². The molecule has 2 aromatic rings. The van der Waals surface area contributed by atoms with E-state index < -0.39 is 26.9 Å². The molecule has 6 nitrogen and oxygen atoms in total. The minimum absolute atomic E-state index is 0.298. The van der Waals surface area contributed by atoms with Crippen LogP contribution in [-0.4, -0.2) is 50.2 Å². The molecule has 1 aromatic heterocycles. The van der Waals surface area contributed by atoms with Gasteiger partial charge in [-0.1, -0.05) is 32.0 Å². The fourth-order valence-electron chi connectivity index (χ4n) is 4.32. The summed E-state index contributed by atoms with van der Waals surface area (Å²) in [4.78, 5) is 11.3. The molecule has 0 aliphatic carbocycles. The first-order chi connectivity index (χ1) is 15.4. The van der Waals surface area contributed by atoms with E-state index in [0.29, 0.717) is 25.3 Å². The number of likely N-dealkylation sites (tertiary alicyclic amines) is 1. The van der Waals surface area contributed by atoms with Crippen molar-refractivity contribution in [2.75, 3.05) is 23.9 Å².